The molecule has 2 heterocycles. The fourth-order valence-electron chi connectivity index (χ4n) is 5.83. The highest BCUT2D eigenvalue weighted by Crippen LogP contribution is 2.46. The van der Waals surface area contributed by atoms with Gasteiger partial charge in [-0.15, -0.1) is 0 Å². The van der Waals surface area contributed by atoms with Crippen molar-refractivity contribution in [3.05, 3.63) is 41.3 Å². The van der Waals surface area contributed by atoms with E-state index in [0.717, 1.165) is 62.3 Å². The number of aliphatic hydroxyl groups excluding tert-OH is 1. The van der Waals surface area contributed by atoms with E-state index in [1.165, 1.54) is 24.0 Å². The van der Waals surface area contributed by atoms with Gasteiger partial charge in [0, 0.05) is 30.7 Å². The maximum Gasteiger partial charge on any atom is 0.226 e. The van der Waals surface area contributed by atoms with Crippen LogP contribution in [-0.4, -0.2) is 47.3 Å². The summed E-state index contributed by atoms with van der Waals surface area (Å²) in [5.74, 6) is 1.20. The minimum absolute atomic E-state index is 0.180. The van der Waals surface area contributed by atoms with Crippen LogP contribution in [0.3, 0.4) is 0 Å². The Hall–Kier alpha value is -1.69. The first-order valence-electron chi connectivity index (χ1n) is 12.9. The number of unbranched alkanes of at least 4 members (excludes halogenated alkanes) is 1. The highest BCUT2D eigenvalue weighted by Gasteiger charge is 2.37. The van der Waals surface area contributed by atoms with E-state index in [1.54, 1.807) is 0 Å². The second kappa shape index (κ2) is 9.89. The zero-order valence-corrected chi connectivity index (χ0v) is 21.1. The van der Waals surface area contributed by atoms with E-state index in [1.807, 2.05) is 6.26 Å². The van der Waals surface area contributed by atoms with Crippen LogP contribution < -0.4 is 5.73 Å². The average Bonchev–Trinajstić information content (AvgIpc) is 3.30. The Morgan fingerprint density at radius 2 is 1.79 bits per heavy atom. The smallest absolute Gasteiger partial charge is 0.226 e. The molecule has 5 heteroatoms. The lowest BCUT2D eigenvalue weighted by Crippen LogP contribution is -2.44. The maximum atomic E-state index is 9.05. The Morgan fingerprint density at radius 3 is 2.45 bits per heavy atom. The highest BCUT2D eigenvalue weighted by atomic mass is 16.3. The normalized spacial score (nSPS) is 21.6. The topological polar surface area (TPSA) is 75.5 Å². The van der Waals surface area contributed by atoms with Crippen LogP contribution >= 0.6 is 0 Å². The summed E-state index contributed by atoms with van der Waals surface area (Å²) in [5.41, 5.74) is 11.5. The third kappa shape index (κ3) is 5.21. The van der Waals surface area contributed by atoms with Gasteiger partial charge in [-0.3, -0.25) is 4.90 Å². The number of likely N-dealkylation sites (tertiary alicyclic amines) is 1. The molecule has 3 N–H and O–H groups in total. The Bertz CT molecular complexity index is 925. The molecule has 1 aromatic carbocycles. The van der Waals surface area contributed by atoms with Crippen molar-refractivity contribution in [3.8, 4) is 11.5 Å². The van der Waals surface area contributed by atoms with Crippen LogP contribution in [0.4, 0.5) is 0 Å². The van der Waals surface area contributed by atoms with E-state index in [0.29, 0.717) is 18.5 Å². The zero-order valence-electron chi connectivity index (χ0n) is 21.1. The number of aromatic nitrogens is 1. The van der Waals surface area contributed by atoms with Crippen LogP contribution in [0.1, 0.15) is 95.4 Å². The van der Waals surface area contributed by atoms with E-state index in [2.05, 4.69) is 50.8 Å². The minimum Gasteiger partial charge on any atom is -0.444 e. The number of fused-ring (bicyclic) bond motifs is 1. The Labute approximate surface area is 199 Å². The van der Waals surface area contributed by atoms with Gasteiger partial charge < -0.3 is 15.3 Å². The van der Waals surface area contributed by atoms with Crippen LogP contribution in [0.5, 0.6) is 0 Å². The third-order valence-corrected chi connectivity index (χ3v) is 8.30. The zero-order chi connectivity index (χ0) is 23.6. The van der Waals surface area contributed by atoms with E-state index in [9.17, 15) is 0 Å². The first-order valence-corrected chi connectivity index (χ1v) is 12.9. The molecule has 1 aliphatic carbocycles. The molecule has 0 amide bonds. The second-order valence-corrected chi connectivity index (χ2v) is 11.5. The quantitative estimate of drug-likeness (QED) is 0.526. The lowest BCUT2D eigenvalue weighted by atomic mass is 9.63. The number of nitrogens with zero attached hydrogens (tertiary/aromatic N) is 2. The van der Waals surface area contributed by atoms with Crippen molar-refractivity contribution >= 4 is 0 Å². The molecule has 0 spiro atoms. The lowest BCUT2D eigenvalue weighted by molar-refractivity contribution is 0.143. The molecule has 0 saturated carbocycles. The Balaban J connectivity index is 1.44. The molecular weight excluding hydrogens is 410 g/mol. The predicted molar refractivity (Wildman–Crippen MR) is 135 cm³/mol. The summed E-state index contributed by atoms with van der Waals surface area (Å²) in [6.45, 7) is 12.5. The Kier molecular flexibility index (Phi) is 7.32. The summed E-state index contributed by atoms with van der Waals surface area (Å²) in [4.78, 5) is 7.48. The molecule has 0 bridgehead atoms. The lowest BCUT2D eigenvalue weighted by Gasteiger charge is -2.42. The number of hydrogen-bond donors (Lipinski definition) is 2. The third-order valence-electron chi connectivity index (χ3n) is 8.30. The molecule has 1 saturated heterocycles. The van der Waals surface area contributed by atoms with Crippen molar-refractivity contribution < 1.29 is 9.52 Å². The van der Waals surface area contributed by atoms with E-state index in [4.69, 9.17) is 20.2 Å². The summed E-state index contributed by atoms with van der Waals surface area (Å²) in [5, 5.41) is 9.05. The molecule has 5 nitrogen and oxygen atoms in total. The maximum absolute atomic E-state index is 9.05. The highest BCUT2D eigenvalue weighted by molar-refractivity contribution is 5.59. The molecule has 1 aliphatic heterocycles. The van der Waals surface area contributed by atoms with Crippen molar-refractivity contribution in [2.75, 3.05) is 26.2 Å². The molecule has 1 atom stereocenters. The standard InChI is InChI=1S/C28H43N3O2/c1-27(2)12-13-28(3,4)24-17-21(8-9-23(24)27)26-30-25(19-33-26)20-10-14-31(15-11-20)22(18-29)7-5-6-16-32/h8-9,17,19-20,22,32H,5-7,10-16,18,29H2,1-4H3. The number of nitrogens with two attached hydrogens (primary N) is 1. The van der Waals surface area contributed by atoms with Crippen LogP contribution in [0.15, 0.2) is 28.9 Å². The number of aliphatic hydroxyl groups is 1. The van der Waals surface area contributed by atoms with Crippen LogP contribution in [0.25, 0.3) is 11.5 Å². The molecule has 1 fully saturated rings. The van der Waals surface area contributed by atoms with Gasteiger partial charge in [0.05, 0.1) is 5.69 Å². The van der Waals surface area contributed by atoms with Gasteiger partial charge in [-0.1, -0.05) is 33.8 Å². The monoisotopic (exact) mass is 453 g/mol. The largest absolute Gasteiger partial charge is 0.444 e. The molecule has 1 unspecified atom stereocenters. The molecule has 2 aromatic rings. The molecule has 2 aliphatic rings. The first kappa shape index (κ1) is 24.4. The average molecular weight is 454 g/mol. The van der Waals surface area contributed by atoms with Gasteiger partial charge in [-0.2, -0.15) is 0 Å². The molecule has 4 rings (SSSR count). The predicted octanol–water partition coefficient (Wildman–Crippen LogP) is 5.36. The van der Waals surface area contributed by atoms with E-state index in [-0.39, 0.29) is 17.4 Å². The van der Waals surface area contributed by atoms with Gasteiger partial charge >= 0.3 is 0 Å². The summed E-state index contributed by atoms with van der Waals surface area (Å²) >= 11 is 0. The van der Waals surface area contributed by atoms with E-state index >= 15 is 0 Å². The second-order valence-electron chi connectivity index (χ2n) is 11.5. The van der Waals surface area contributed by atoms with Crippen LogP contribution in [0.2, 0.25) is 0 Å². The van der Waals surface area contributed by atoms with Crippen LogP contribution in [-0.2, 0) is 10.8 Å². The van der Waals surface area contributed by atoms with Gasteiger partial charge in [0.2, 0.25) is 5.89 Å². The van der Waals surface area contributed by atoms with Crippen molar-refractivity contribution in [1.82, 2.24) is 9.88 Å². The summed E-state index contributed by atoms with van der Waals surface area (Å²) in [7, 11) is 0. The SMILES string of the molecule is CC1(C)CCC(C)(C)c2cc(-c3nc(C4CCN(C(CN)CCCCO)CC4)co3)ccc21. The number of benzene rings is 1. The van der Waals surface area contributed by atoms with Gasteiger partial charge in [0.1, 0.15) is 6.26 Å². The summed E-state index contributed by atoms with van der Waals surface area (Å²) in [6.07, 6.45) is 9.47. The molecule has 182 valence electrons. The van der Waals surface area contributed by atoms with Gasteiger partial charge in [0.25, 0.3) is 0 Å². The van der Waals surface area contributed by atoms with Gasteiger partial charge in [-0.25, -0.2) is 4.98 Å². The Morgan fingerprint density at radius 1 is 1.09 bits per heavy atom. The van der Waals surface area contributed by atoms with Crippen molar-refractivity contribution in [1.29, 1.82) is 0 Å². The number of piperidine rings is 1. The van der Waals surface area contributed by atoms with Crippen molar-refractivity contribution in [3.63, 3.8) is 0 Å². The van der Waals surface area contributed by atoms with Gasteiger partial charge in [-0.05, 0) is 92.1 Å². The number of oxazole rings is 1. The fraction of sp³-hybridized carbons (Fsp3) is 0.679. The minimum atomic E-state index is 0.180. The first-order chi connectivity index (χ1) is 15.7. The fourth-order valence-corrected chi connectivity index (χ4v) is 5.83. The molecule has 1 aromatic heterocycles. The van der Waals surface area contributed by atoms with Gasteiger partial charge in [0.15, 0.2) is 0 Å². The molecular formula is C28H43N3O2. The van der Waals surface area contributed by atoms with Crippen molar-refractivity contribution in [2.45, 2.75) is 95.4 Å². The van der Waals surface area contributed by atoms with E-state index < -0.39 is 0 Å². The number of rotatable bonds is 8. The molecule has 33 heavy (non-hydrogen) atoms. The van der Waals surface area contributed by atoms with Crippen molar-refractivity contribution in [2.24, 2.45) is 5.73 Å². The number of hydrogen-bond acceptors (Lipinski definition) is 5. The summed E-state index contributed by atoms with van der Waals surface area (Å²) in [6, 6.07) is 7.25. The summed E-state index contributed by atoms with van der Waals surface area (Å²) < 4.78 is 6.01. The van der Waals surface area contributed by atoms with Crippen LogP contribution in [0, 0.1) is 0 Å². The molecule has 0 radical (unpaired) electrons.